The van der Waals surface area contributed by atoms with Crippen LogP contribution in [0.4, 0.5) is 0 Å². The summed E-state index contributed by atoms with van der Waals surface area (Å²) in [4.78, 5) is 0. The van der Waals surface area contributed by atoms with Crippen LogP contribution in [-0.4, -0.2) is 24.3 Å². The van der Waals surface area contributed by atoms with Crippen LogP contribution in [0.2, 0.25) is 0 Å². The van der Waals surface area contributed by atoms with Crippen molar-refractivity contribution in [1.29, 1.82) is 0 Å². The molecule has 1 aromatic rings. The molecule has 3 atom stereocenters. The molecule has 3 heteroatoms. The fourth-order valence-corrected chi connectivity index (χ4v) is 1.95. The van der Waals surface area contributed by atoms with Gasteiger partial charge in [-0.2, -0.15) is 0 Å². The van der Waals surface area contributed by atoms with E-state index in [1.807, 2.05) is 24.3 Å². The molecule has 0 bridgehead atoms. The lowest BCUT2D eigenvalue weighted by Gasteiger charge is -2.26. The topological polar surface area (TPSA) is 41.5 Å². The number of aliphatic hydroxyl groups excluding tert-OH is 1. The molecule has 18 heavy (non-hydrogen) atoms. The third kappa shape index (κ3) is 4.00. The number of hydrogen-bond acceptors (Lipinski definition) is 3. The molecule has 0 fully saturated rings. The largest absolute Gasteiger partial charge is 0.497 e. The van der Waals surface area contributed by atoms with Crippen molar-refractivity contribution < 1.29 is 9.84 Å². The summed E-state index contributed by atoms with van der Waals surface area (Å²) in [5, 5.41) is 13.8. The first-order chi connectivity index (χ1) is 8.62. The summed E-state index contributed by atoms with van der Waals surface area (Å²) in [5.41, 5.74) is 0.929. The van der Waals surface area contributed by atoms with Crippen molar-refractivity contribution in [2.45, 2.75) is 51.8 Å². The number of aliphatic hydroxyl groups is 1. The van der Waals surface area contributed by atoms with Crippen molar-refractivity contribution in [3.05, 3.63) is 29.8 Å². The summed E-state index contributed by atoms with van der Waals surface area (Å²) in [5.74, 6) is 0.814. The van der Waals surface area contributed by atoms with Gasteiger partial charge in [0, 0.05) is 12.1 Å². The second-order valence-corrected chi connectivity index (χ2v) is 4.71. The molecular weight excluding hydrogens is 226 g/mol. The molecule has 0 saturated heterocycles. The molecule has 1 aromatic carbocycles. The van der Waals surface area contributed by atoms with E-state index in [1.54, 1.807) is 7.11 Å². The summed E-state index contributed by atoms with van der Waals surface area (Å²) in [6.45, 7) is 6.38. The van der Waals surface area contributed by atoms with Crippen LogP contribution in [0.25, 0.3) is 0 Å². The number of benzene rings is 1. The van der Waals surface area contributed by atoms with Crippen molar-refractivity contribution in [2.75, 3.05) is 7.11 Å². The Labute approximate surface area is 110 Å². The van der Waals surface area contributed by atoms with Gasteiger partial charge in [-0.1, -0.05) is 26.0 Å². The highest BCUT2D eigenvalue weighted by atomic mass is 16.5. The fraction of sp³-hybridized carbons (Fsp3) is 0.600. The smallest absolute Gasteiger partial charge is 0.118 e. The molecule has 0 aliphatic heterocycles. The van der Waals surface area contributed by atoms with Gasteiger partial charge < -0.3 is 15.2 Å². The normalized spacial score (nSPS) is 16.1. The quantitative estimate of drug-likeness (QED) is 0.783. The van der Waals surface area contributed by atoms with Crippen LogP contribution in [0.3, 0.4) is 0 Å². The van der Waals surface area contributed by atoms with Gasteiger partial charge in [0.25, 0.3) is 0 Å². The molecule has 102 valence electrons. The Morgan fingerprint density at radius 1 is 1.17 bits per heavy atom. The first-order valence-corrected chi connectivity index (χ1v) is 6.70. The van der Waals surface area contributed by atoms with E-state index in [-0.39, 0.29) is 6.04 Å². The van der Waals surface area contributed by atoms with E-state index in [1.165, 1.54) is 0 Å². The molecule has 0 heterocycles. The van der Waals surface area contributed by atoms with E-state index in [2.05, 4.69) is 26.1 Å². The highest BCUT2D eigenvalue weighted by Gasteiger charge is 2.20. The van der Waals surface area contributed by atoms with E-state index in [9.17, 15) is 5.11 Å². The van der Waals surface area contributed by atoms with Crippen molar-refractivity contribution in [3.63, 3.8) is 0 Å². The van der Waals surface area contributed by atoms with Gasteiger partial charge in [-0.05, 0) is 37.5 Å². The summed E-state index contributed by atoms with van der Waals surface area (Å²) >= 11 is 0. The molecular formula is C15H25NO2. The van der Waals surface area contributed by atoms with Gasteiger partial charge in [-0.25, -0.2) is 0 Å². The van der Waals surface area contributed by atoms with Crippen molar-refractivity contribution in [3.8, 4) is 5.75 Å². The molecule has 1 rings (SSSR count). The molecule has 3 nitrogen and oxygen atoms in total. The molecule has 0 aliphatic carbocycles. The zero-order valence-electron chi connectivity index (χ0n) is 11.8. The molecule has 2 N–H and O–H groups in total. The molecule has 0 aromatic heterocycles. The van der Waals surface area contributed by atoms with E-state index < -0.39 is 6.10 Å². The first-order valence-electron chi connectivity index (χ1n) is 6.70. The highest BCUT2D eigenvalue weighted by Crippen LogP contribution is 2.22. The summed E-state index contributed by atoms with van der Waals surface area (Å²) in [6.07, 6.45) is 1.48. The Hall–Kier alpha value is -1.06. The van der Waals surface area contributed by atoms with Gasteiger partial charge >= 0.3 is 0 Å². The maximum absolute atomic E-state index is 10.4. The second-order valence-electron chi connectivity index (χ2n) is 4.71. The van der Waals surface area contributed by atoms with Gasteiger partial charge in [0.15, 0.2) is 0 Å². The molecule has 0 saturated carbocycles. The van der Waals surface area contributed by atoms with Gasteiger partial charge in [-0.3, -0.25) is 0 Å². The maximum Gasteiger partial charge on any atom is 0.118 e. The van der Waals surface area contributed by atoms with E-state index in [0.29, 0.717) is 6.04 Å². The van der Waals surface area contributed by atoms with Crippen molar-refractivity contribution >= 4 is 0 Å². The minimum Gasteiger partial charge on any atom is -0.497 e. The van der Waals surface area contributed by atoms with Crippen LogP contribution in [0.1, 0.15) is 45.3 Å². The Kier molecular flexibility index (Phi) is 6.16. The Morgan fingerprint density at radius 3 is 2.22 bits per heavy atom. The van der Waals surface area contributed by atoms with Crippen LogP contribution < -0.4 is 10.1 Å². The van der Waals surface area contributed by atoms with E-state index in [4.69, 9.17) is 4.74 Å². The fourth-order valence-electron chi connectivity index (χ4n) is 1.95. The van der Waals surface area contributed by atoms with Crippen LogP contribution >= 0.6 is 0 Å². The Balaban J connectivity index is 2.72. The molecule has 0 amide bonds. The van der Waals surface area contributed by atoms with Crippen molar-refractivity contribution in [1.82, 2.24) is 5.32 Å². The summed E-state index contributed by atoms with van der Waals surface area (Å²) in [6, 6.07) is 8.12. The molecule has 0 aliphatic rings. The zero-order valence-corrected chi connectivity index (χ0v) is 11.8. The number of rotatable bonds is 7. The number of methoxy groups -OCH3 is 1. The van der Waals surface area contributed by atoms with Crippen LogP contribution in [-0.2, 0) is 0 Å². The average molecular weight is 251 g/mol. The summed E-state index contributed by atoms with van der Waals surface area (Å²) < 4.78 is 5.12. The third-order valence-electron chi connectivity index (χ3n) is 3.39. The predicted octanol–water partition coefficient (Wildman–Crippen LogP) is 2.90. The first kappa shape index (κ1) is 15.0. The van der Waals surface area contributed by atoms with Gasteiger partial charge in [0.1, 0.15) is 5.75 Å². The van der Waals surface area contributed by atoms with E-state index >= 15 is 0 Å². The molecule has 3 unspecified atom stereocenters. The standard InChI is InChI=1S/C15H25NO2/c1-5-11(3)16-14(6-2)15(17)12-7-9-13(18-4)10-8-12/h7-11,14-17H,5-6H2,1-4H3. The lowest BCUT2D eigenvalue weighted by Crippen LogP contribution is -2.40. The minimum atomic E-state index is -0.477. The van der Waals surface area contributed by atoms with Crippen LogP contribution in [0.5, 0.6) is 5.75 Å². The average Bonchev–Trinajstić information content (AvgIpc) is 2.43. The maximum atomic E-state index is 10.4. The number of hydrogen-bond donors (Lipinski definition) is 2. The summed E-state index contributed by atoms with van der Waals surface area (Å²) in [7, 11) is 1.64. The van der Waals surface area contributed by atoms with Crippen LogP contribution in [0.15, 0.2) is 24.3 Å². The third-order valence-corrected chi connectivity index (χ3v) is 3.39. The monoisotopic (exact) mass is 251 g/mol. The SMILES string of the molecule is CCC(C)NC(CC)C(O)c1ccc(OC)cc1. The van der Waals surface area contributed by atoms with Gasteiger partial charge in [-0.15, -0.1) is 0 Å². The van der Waals surface area contributed by atoms with Gasteiger partial charge in [0.2, 0.25) is 0 Å². The number of ether oxygens (including phenoxy) is 1. The number of nitrogens with one attached hydrogen (secondary N) is 1. The van der Waals surface area contributed by atoms with E-state index in [0.717, 1.165) is 24.2 Å². The Bertz CT molecular complexity index is 337. The second kappa shape index (κ2) is 7.39. The lowest BCUT2D eigenvalue weighted by atomic mass is 9.99. The minimum absolute atomic E-state index is 0.0911. The molecule has 0 radical (unpaired) electrons. The molecule has 0 spiro atoms. The Morgan fingerprint density at radius 2 is 1.78 bits per heavy atom. The van der Waals surface area contributed by atoms with Crippen LogP contribution in [0, 0.1) is 0 Å². The highest BCUT2D eigenvalue weighted by molar-refractivity contribution is 5.29. The lowest BCUT2D eigenvalue weighted by molar-refractivity contribution is 0.120. The van der Waals surface area contributed by atoms with Gasteiger partial charge in [0.05, 0.1) is 13.2 Å². The van der Waals surface area contributed by atoms with Crippen molar-refractivity contribution in [2.24, 2.45) is 0 Å². The zero-order chi connectivity index (χ0) is 13.5. The predicted molar refractivity (Wildman–Crippen MR) is 74.9 cm³/mol.